The van der Waals surface area contributed by atoms with Crippen molar-refractivity contribution in [3.63, 3.8) is 0 Å². The molecule has 0 amide bonds. The summed E-state index contributed by atoms with van der Waals surface area (Å²) >= 11 is 0. The summed E-state index contributed by atoms with van der Waals surface area (Å²) in [5.41, 5.74) is -1.24. The van der Waals surface area contributed by atoms with Gasteiger partial charge in [-0.05, 0) is 12.1 Å². The summed E-state index contributed by atoms with van der Waals surface area (Å²) < 4.78 is 6.59. The van der Waals surface area contributed by atoms with Crippen molar-refractivity contribution in [1.82, 2.24) is 4.57 Å². The van der Waals surface area contributed by atoms with E-state index in [4.69, 9.17) is 9.84 Å². The summed E-state index contributed by atoms with van der Waals surface area (Å²) in [7, 11) is 0. The molecule has 1 aliphatic rings. The molecule has 1 fully saturated rings. The maximum absolute atomic E-state index is 10.8. The highest BCUT2D eigenvalue weighted by atomic mass is 16.6. The van der Waals surface area contributed by atoms with Gasteiger partial charge in [0.1, 0.15) is 12.2 Å². The SMILES string of the molecule is O=[N+]([O-])c1ccc2c(ccn2[C@@]2(O)CO[C@H](CO)[C@H]2O)c1. The first-order valence-corrected chi connectivity index (χ1v) is 6.36. The third-order valence-corrected chi connectivity index (χ3v) is 3.82. The van der Waals surface area contributed by atoms with E-state index < -0.39 is 29.5 Å². The number of aliphatic hydroxyl groups excluding tert-OH is 2. The molecule has 3 atom stereocenters. The van der Waals surface area contributed by atoms with Crippen LogP contribution in [-0.2, 0) is 10.5 Å². The highest BCUT2D eigenvalue weighted by molar-refractivity contribution is 5.82. The van der Waals surface area contributed by atoms with Crippen molar-refractivity contribution in [2.45, 2.75) is 17.9 Å². The van der Waals surface area contributed by atoms with Crippen molar-refractivity contribution in [3.05, 3.63) is 40.6 Å². The second-order valence-electron chi connectivity index (χ2n) is 5.04. The third kappa shape index (κ3) is 2.00. The Morgan fingerprint density at radius 3 is 2.86 bits per heavy atom. The van der Waals surface area contributed by atoms with Gasteiger partial charge in [0, 0.05) is 23.7 Å². The van der Waals surface area contributed by atoms with Crippen LogP contribution in [0.1, 0.15) is 0 Å². The van der Waals surface area contributed by atoms with E-state index in [1.165, 1.54) is 29.0 Å². The highest BCUT2D eigenvalue weighted by Gasteiger charge is 2.49. The number of hydrogen-bond donors (Lipinski definition) is 3. The van der Waals surface area contributed by atoms with Gasteiger partial charge in [-0.1, -0.05) is 0 Å². The number of nitro benzene ring substituents is 1. The standard InChI is InChI=1S/C13H14N2O6/c16-6-11-12(17)13(18,7-21-11)14-4-3-8-5-9(15(19)20)1-2-10(8)14/h1-5,11-12,16-18H,6-7H2/t11-,12-,13-/m1/s1. The van der Waals surface area contributed by atoms with Gasteiger partial charge < -0.3 is 24.6 Å². The first-order valence-electron chi connectivity index (χ1n) is 6.36. The minimum atomic E-state index is -1.72. The molecule has 21 heavy (non-hydrogen) atoms. The van der Waals surface area contributed by atoms with E-state index in [0.29, 0.717) is 10.9 Å². The number of ether oxygens (including phenoxy) is 1. The fraction of sp³-hybridized carbons (Fsp3) is 0.385. The Balaban J connectivity index is 2.07. The average Bonchev–Trinajstić information content (AvgIpc) is 3.01. The summed E-state index contributed by atoms with van der Waals surface area (Å²) in [5.74, 6) is 0. The molecular formula is C13H14N2O6. The van der Waals surface area contributed by atoms with Crippen molar-refractivity contribution in [2.24, 2.45) is 0 Å². The minimum Gasteiger partial charge on any atom is -0.394 e. The monoisotopic (exact) mass is 294 g/mol. The van der Waals surface area contributed by atoms with Gasteiger partial charge in [-0.3, -0.25) is 10.1 Å². The van der Waals surface area contributed by atoms with Gasteiger partial charge in [-0.25, -0.2) is 0 Å². The van der Waals surface area contributed by atoms with Crippen LogP contribution in [0.2, 0.25) is 0 Å². The molecule has 0 spiro atoms. The molecule has 0 radical (unpaired) electrons. The third-order valence-electron chi connectivity index (χ3n) is 3.82. The second kappa shape index (κ2) is 4.78. The largest absolute Gasteiger partial charge is 0.394 e. The quantitative estimate of drug-likeness (QED) is 0.539. The molecule has 0 aliphatic carbocycles. The maximum atomic E-state index is 10.8. The molecule has 3 rings (SSSR count). The predicted octanol–water partition coefficient (Wildman–Crippen LogP) is -0.0534. The number of nitro groups is 1. The summed E-state index contributed by atoms with van der Waals surface area (Å²) in [6, 6.07) is 5.83. The van der Waals surface area contributed by atoms with E-state index in [-0.39, 0.29) is 12.3 Å². The summed E-state index contributed by atoms with van der Waals surface area (Å²) in [4.78, 5) is 10.3. The van der Waals surface area contributed by atoms with E-state index in [9.17, 15) is 20.3 Å². The minimum absolute atomic E-state index is 0.0521. The normalized spacial score (nSPS) is 29.1. The molecular weight excluding hydrogens is 280 g/mol. The first-order chi connectivity index (χ1) is 9.97. The van der Waals surface area contributed by atoms with E-state index in [1.54, 1.807) is 6.07 Å². The van der Waals surface area contributed by atoms with Crippen molar-refractivity contribution in [1.29, 1.82) is 0 Å². The number of rotatable bonds is 3. The number of nitrogens with zero attached hydrogens (tertiary/aromatic N) is 2. The van der Waals surface area contributed by atoms with Crippen LogP contribution in [0.5, 0.6) is 0 Å². The lowest BCUT2D eigenvalue weighted by atomic mass is 10.1. The van der Waals surface area contributed by atoms with Crippen molar-refractivity contribution in [3.8, 4) is 0 Å². The van der Waals surface area contributed by atoms with Gasteiger partial charge in [0.05, 0.1) is 23.7 Å². The van der Waals surface area contributed by atoms with Crippen LogP contribution in [-0.4, -0.2) is 50.2 Å². The van der Waals surface area contributed by atoms with Gasteiger partial charge in [-0.2, -0.15) is 0 Å². The Morgan fingerprint density at radius 1 is 1.48 bits per heavy atom. The Kier molecular flexibility index (Phi) is 3.18. The van der Waals surface area contributed by atoms with Gasteiger partial charge in [0.15, 0.2) is 5.72 Å². The molecule has 1 aromatic carbocycles. The molecule has 0 unspecified atom stereocenters. The smallest absolute Gasteiger partial charge is 0.270 e. The van der Waals surface area contributed by atoms with Crippen molar-refractivity contribution >= 4 is 16.6 Å². The lowest BCUT2D eigenvalue weighted by Gasteiger charge is -2.28. The van der Waals surface area contributed by atoms with Crippen LogP contribution in [0.15, 0.2) is 30.5 Å². The van der Waals surface area contributed by atoms with Crippen LogP contribution in [0, 0.1) is 10.1 Å². The van der Waals surface area contributed by atoms with Crippen LogP contribution in [0.25, 0.3) is 10.9 Å². The topological polar surface area (TPSA) is 118 Å². The van der Waals surface area contributed by atoms with Crippen LogP contribution in [0.4, 0.5) is 5.69 Å². The fourth-order valence-electron chi connectivity index (χ4n) is 2.65. The number of hydrogen-bond acceptors (Lipinski definition) is 6. The van der Waals surface area contributed by atoms with Gasteiger partial charge in [0.25, 0.3) is 5.69 Å². The molecule has 112 valence electrons. The molecule has 2 heterocycles. The van der Waals surface area contributed by atoms with E-state index in [2.05, 4.69) is 0 Å². The zero-order valence-electron chi connectivity index (χ0n) is 10.9. The van der Waals surface area contributed by atoms with Crippen molar-refractivity contribution in [2.75, 3.05) is 13.2 Å². The van der Waals surface area contributed by atoms with E-state index in [0.717, 1.165) is 0 Å². The summed E-state index contributed by atoms with van der Waals surface area (Å²) in [6.45, 7) is -0.589. The first kappa shape index (κ1) is 14.0. The van der Waals surface area contributed by atoms with Gasteiger partial charge in [-0.15, -0.1) is 0 Å². The number of benzene rings is 1. The number of aliphatic hydroxyl groups is 3. The second-order valence-corrected chi connectivity index (χ2v) is 5.04. The van der Waals surface area contributed by atoms with Gasteiger partial charge >= 0.3 is 0 Å². The number of non-ortho nitro benzene ring substituents is 1. The highest BCUT2D eigenvalue weighted by Crippen LogP contribution is 2.33. The lowest BCUT2D eigenvalue weighted by molar-refractivity contribution is -0.384. The van der Waals surface area contributed by atoms with Gasteiger partial charge in [0.2, 0.25) is 0 Å². The molecule has 8 nitrogen and oxygen atoms in total. The van der Waals surface area contributed by atoms with Crippen molar-refractivity contribution < 1.29 is 25.0 Å². The number of fused-ring (bicyclic) bond motifs is 1. The molecule has 0 bridgehead atoms. The lowest BCUT2D eigenvalue weighted by Crippen LogP contribution is -2.46. The Labute approximate surface area is 119 Å². The molecule has 8 heteroatoms. The Bertz CT molecular complexity index is 699. The van der Waals surface area contributed by atoms with Crippen LogP contribution in [0.3, 0.4) is 0 Å². The van der Waals surface area contributed by atoms with Crippen LogP contribution >= 0.6 is 0 Å². The van der Waals surface area contributed by atoms with E-state index in [1.807, 2.05) is 0 Å². The zero-order valence-corrected chi connectivity index (χ0v) is 10.9. The maximum Gasteiger partial charge on any atom is 0.270 e. The zero-order chi connectivity index (χ0) is 15.2. The summed E-state index contributed by atoms with van der Waals surface area (Å²) in [6.07, 6.45) is -0.639. The predicted molar refractivity (Wildman–Crippen MR) is 71.6 cm³/mol. The average molecular weight is 294 g/mol. The molecule has 0 saturated carbocycles. The number of aromatic nitrogens is 1. The molecule has 1 aromatic heterocycles. The molecule has 2 aromatic rings. The van der Waals surface area contributed by atoms with Crippen LogP contribution < -0.4 is 0 Å². The molecule has 3 N–H and O–H groups in total. The fourth-order valence-corrected chi connectivity index (χ4v) is 2.65. The molecule has 1 aliphatic heterocycles. The molecule has 1 saturated heterocycles. The Hall–Kier alpha value is -2.00. The van der Waals surface area contributed by atoms with E-state index >= 15 is 0 Å². The summed E-state index contributed by atoms with van der Waals surface area (Å²) in [5, 5.41) is 41.2. The Morgan fingerprint density at radius 2 is 2.24 bits per heavy atom.